The monoisotopic (exact) mass is 724 g/mol. The fraction of sp³-hybridized carbons (Fsp3) is 0.0769. The Morgan fingerprint density at radius 2 is 1.62 bits per heavy atom. The Labute approximate surface area is 238 Å². The van der Waals surface area contributed by atoms with E-state index in [1.807, 2.05) is 0 Å². The number of carbonyl (C=O) groups is 4. The summed E-state index contributed by atoms with van der Waals surface area (Å²) in [6, 6.07) is 15.4. The van der Waals surface area contributed by atoms with Crippen molar-refractivity contribution in [3.63, 3.8) is 0 Å². The van der Waals surface area contributed by atoms with Crippen molar-refractivity contribution in [3.8, 4) is 11.5 Å². The van der Waals surface area contributed by atoms with Crippen molar-refractivity contribution in [3.05, 3.63) is 90.1 Å². The van der Waals surface area contributed by atoms with Gasteiger partial charge in [0.2, 0.25) is 0 Å². The van der Waals surface area contributed by atoms with Gasteiger partial charge >= 0.3 is 12.0 Å². The van der Waals surface area contributed by atoms with Crippen LogP contribution in [0.5, 0.6) is 11.5 Å². The van der Waals surface area contributed by atoms with E-state index in [1.165, 1.54) is 25.3 Å². The lowest BCUT2D eigenvalue weighted by molar-refractivity contribution is -0.122. The molecule has 1 aliphatic heterocycles. The molecule has 11 heteroatoms. The van der Waals surface area contributed by atoms with Gasteiger partial charge in [-0.1, -0.05) is 12.1 Å². The Hall–Kier alpha value is -3.46. The minimum Gasteiger partial charge on any atom is -0.497 e. The summed E-state index contributed by atoms with van der Waals surface area (Å²) in [6.07, 6.45) is 1.43. The van der Waals surface area contributed by atoms with Crippen LogP contribution in [0.15, 0.2) is 66.2 Å². The third kappa shape index (κ3) is 5.93. The van der Waals surface area contributed by atoms with E-state index in [2.05, 4.69) is 50.5 Å². The van der Waals surface area contributed by atoms with E-state index < -0.39 is 23.8 Å². The number of halogens is 2. The van der Waals surface area contributed by atoms with E-state index >= 15 is 0 Å². The minimum atomic E-state index is -0.997. The van der Waals surface area contributed by atoms with Crippen LogP contribution < -0.4 is 19.7 Å². The van der Waals surface area contributed by atoms with Crippen molar-refractivity contribution >= 4 is 80.8 Å². The SMILES string of the molecule is COc1ccc(N2C(=O)NC(=O)C(=Cc3cc(I)c(OCc4ccc(C(=O)O)cc4)c(I)c3)C2=O)cc1. The molecule has 188 valence electrons. The molecule has 1 saturated heterocycles. The summed E-state index contributed by atoms with van der Waals surface area (Å²) in [5.41, 5.74) is 1.68. The van der Waals surface area contributed by atoms with Crippen molar-refractivity contribution in [2.24, 2.45) is 0 Å². The number of imide groups is 2. The van der Waals surface area contributed by atoms with Crippen LogP contribution in [-0.2, 0) is 16.2 Å². The Bertz CT molecular complexity index is 1410. The molecule has 0 aromatic heterocycles. The quantitative estimate of drug-likeness (QED) is 0.203. The summed E-state index contributed by atoms with van der Waals surface area (Å²) in [4.78, 5) is 50.0. The van der Waals surface area contributed by atoms with Crippen molar-refractivity contribution in [1.82, 2.24) is 5.32 Å². The lowest BCUT2D eigenvalue weighted by Gasteiger charge is -2.26. The molecule has 37 heavy (non-hydrogen) atoms. The maximum Gasteiger partial charge on any atom is 0.335 e. The van der Waals surface area contributed by atoms with Gasteiger partial charge in [0.05, 0.1) is 25.5 Å². The van der Waals surface area contributed by atoms with Gasteiger partial charge in [0.15, 0.2) is 0 Å². The van der Waals surface area contributed by atoms with E-state index in [0.717, 1.165) is 17.6 Å². The summed E-state index contributed by atoms with van der Waals surface area (Å²) in [5, 5.41) is 11.2. The number of nitrogens with zero attached hydrogens (tertiary/aromatic N) is 1. The van der Waals surface area contributed by atoms with Crippen molar-refractivity contribution in [2.75, 3.05) is 12.0 Å². The number of carboxylic acids is 1. The molecule has 1 heterocycles. The summed E-state index contributed by atoms with van der Waals surface area (Å²) >= 11 is 4.20. The van der Waals surface area contributed by atoms with Crippen LogP contribution in [0.3, 0.4) is 0 Å². The van der Waals surface area contributed by atoms with Gasteiger partial charge in [0.25, 0.3) is 11.8 Å². The van der Waals surface area contributed by atoms with Crippen LogP contribution in [0.4, 0.5) is 10.5 Å². The Kier molecular flexibility index (Phi) is 8.12. The van der Waals surface area contributed by atoms with Crippen molar-refractivity contribution in [2.45, 2.75) is 6.61 Å². The van der Waals surface area contributed by atoms with Crippen LogP contribution in [-0.4, -0.2) is 36.0 Å². The highest BCUT2D eigenvalue weighted by molar-refractivity contribution is 14.1. The number of methoxy groups -OCH3 is 1. The molecule has 0 aliphatic carbocycles. The second-order valence-corrected chi connectivity index (χ2v) is 10.1. The summed E-state index contributed by atoms with van der Waals surface area (Å²) < 4.78 is 12.6. The highest BCUT2D eigenvalue weighted by Crippen LogP contribution is 2.31. The molecule has 0 saturated carbocycles. The first-order chi connectivity index (χ1) is 17.7. The van der Waals surface area contributed by atoms with Gasteiger partial charge in [-0.3, -0.25) is 14.9 Å². The van der Waals surface area contributed by atoms with Gasteiger partial charge in [-0.15, -0.1) is 0 Å². The predicted molar refractivity (Wildman–Crippen MR) is 152 cm³/mol. The average molecular weight is 724 g/mol. The zero-order valence-corrected chi connectivity index (χ0v) is 23.5. The van der Waals surface area contributed by atoms with Gasteiger partial charge in [0, 0.05) is 0 Å². The molecule has 9 nitrogen and oxygen atoms in total. The molecule has 3 aromatic rings. The molecule has 0 spiro atoms. The molecule has 4 amide bonds. The van der Waals surface area contributed by atoms with E-state index in [9.17, 15) is 19.2 Å². The number of rotatable bonds is 7. The third-order valence-corrected chi connectivity index (χ3v) is 6.95. The first-order valence-electron chi connectivity index (χ1n) is 10.7. The molecule has 0 atom stereocenters. The number of urea groups is 1. The number of hydrogen-bond acceptors (Lipinski definition) is 6. The Balaban J connectivity index is 1.56. The minimum absolute atomic E-state index is 0.186. The number of aromatic carboxylic acids is 1. The van der Waals surface area contributed by atoms with Crippen LogP contribution in [0.1, 0.15) is 21.5 Å². The fourth-order valence-electron chi connectivity index (χ4n) is 3.49. The maximum atomic E-state index is 13.1. The van der Waals surface area contributed by atoms with Gasteiger partial charge in [-0.25, -0.2) is 14.5 Å². The van der Waals surface area contributed by atoms with Crippen molar-refractivity contribution < 1.29 is 33.8 Å². The Morgan fingerprint density at radius 1 is 1.00 bits per heavy atom. The zero-order chi connectivity index (χ0) is 26.7. The van der Waals surface area contributed by atoms with Gasteiger partial charge < -0.3 is 14.6 Å². The number of ether oxygens (including phenoxy) is 2. The van der Waals surface area contributed by atoms with Crippen LogP contribution in [0, 0.1) is 7.14 Å². The number of carboxylic acid groups (broad SMARTS) is 1. The third-order valence-electron chi connectivity index (χ3n) is 5.35. The summed E-state index contributed by atoms with van der Waals surface area (Å²) in [7, 11) is 1.50. The van der Waals surface area contributed by atoms with E-state index in [4.69, 9.17) is 14.6 Å². The van der Waals surface area contributed by atoms with Crippen molar-refractivity contribution in [1.29, 1.82) is 0 Å². The molecule has 4 rings (SSSR count). The van der Waals surface area contributed by atoms with Gasteiger partial charge in [-0.2, -0.15) is 0 Å². The van der Waals surface area contributed by atoms with E-state index in [-0.39, 0.29) is 17.7 Å². The van der Waals surface area contributed by atoms with Crippen LogP contribution in [0.25, 0.3) is 6.08 Å². The molecule has 0 radical (unpaired) electrons. The van der Waals surface area contributed by atoms with Gasteiger partial charge in [-0.05, 0) is 111 Å². The number of hydrogen-bond donors (Lipinski definition) is 2. The predicted octanol–water partition coefficient (Wildman–Crippen LogP) is 4.85. The smallest absolute Gasteiger partial charge is 0.335 e. The number of barbiturate groups is 1. The molecular formula is C26H18I2N2O7. The first kappa shape index (κ1) is 26.6. The fourth-order valence-corrected chi connectivity index (χ4v) is 5.62. The number of carbonyl (C=O) groups excluding carboxylic acids is 3. The van der Waals surface area contributed by atoms with Crippen LogP contribution in [0.2, 0.25) is 0 Å². The number of benzene rings is 3. The first-order valence-corrected chi connectivity index (χ1v) is 12.8. The molecule has 0 bridgehead atoms. The maximum absolute atomic E-state index is 13.1. The molecule has 2 N–H and O–H groups in total. The summed E-state index contributed by atoms with van der Waals surface area (Å²) in [6.45, 7) is 0.228. The summed E-state index contributed by atoms with van der Waals surface area (Å²) in [5.74, 6) is -1.35. The molecule has 0 unspecified atom stereocenters. The second kappa shape index (κ2) is 11.3. The van der Waals surface area contributed by atoms with E-state index in [0.29, 0.717) is 22.7 Å². The van der Waals surface area contributed by atoms with Gasteiger partial charge in [0.1, 0.15) is 23.7 Å². The second-order valence-electron chi connectivity index (χ2n) is 7.76. The Morgan fingerprint density at radius 3 is 2.19 bits per heavy atom. The zero-order valence-electron chi connectivity index (χ0n) is 19.2. The standard InChI is InChI=1S/C26H18I2N2O7/c1-36-18-8-6-17(7-9-18)30-24(32)19(23(31)29-26(30)35)10-15-11-20(27)22(21(28)12-15)37-13-14-2-4-16(5-3-14)25(33)34/h2-12H,13H2,1H3,(H,33,34)(H,29,31,35). The number of anilines is 1. The largest absolute Gasteiger partial charge is 0.497 e. The molecule has 3 aromatic carbocycles. The normalized spacial score (nSPS) is 14.5. The average Bonchev–Trinajstić information content (AvgIpc) is 2.86. The highest BCUT2D eigenvalue weighted by Gasteiger charge is 2.36. The lowest BCUT2D eigenvalue weighted by Crippen LogP contribution is -2.54. The molecule has 1 aliphatic rings. The molecular weight excluding hydrogens is 706 g/mol. The number of amides is 4. The number of nitrogens with one attached hydrogen (secondary N) is 1. The topological polar surface area (TPSA) is 122 Å². The molecule has 1 fully saturated rings. The van der Waals surface area contributed by atoms with Crippen LogP contribution >= 0.6 is 45.2 Å². The lowest BCUT2D eigenvalue weighted by atomic mass is 10.1. The highest BCUT2D eigenvalue weighted by atomic mass is 127. The van der Waals surface area contributed by atoms with E-state index in [1.54, 1.807) is 48.5 Å².